The van der Waals surface area contributed by atoms with Crippen LogP contribution < -0.4 is 5.32 Å². The van der Waals surface area contributed by atoms with Gasteiger partial charge in [-0.1, -0.05) is 27.7 Å². The SMILES string of the molecule is CCN(CC)C(CNC(=O)N(C)C(C)C1CC1)CC(C)C. The zero-order valence-corrected chi connectivity index (χ0v) is 14.9. The number of carbonyl (C=O) groups excluding carboxylic acids is 1. The molecule has 1 N–H and O–H groups in total. The molecule has 0 bridgehead atoms. The molecule has 1 rings (SSSR count). The van der Waals surface area contributed by atoms with Gasteiger partial charge < -0.3 is 10.2 Å². The topological polar surface area (TPSA) is 35.6 Å². The Balaban J connectivity index is 2.48. The van der Waals surface area contributed by atoms with Gasteiger partial charge in [-0.05, 0) is 51.1 Å². The Kier molecular flexibility index (Phi) is 7.50. The van der Waals surface area contributed by atoms with Crippen LogP contribution in [0.3, 0.4) is 0 Å². The van der Waals surface area contributed by atoms with Crippen molar-refractivity contribution in [3.63, 3.8) is 0 Å². The van der Waals surface area contributed by atoms with E-state index in [2.05, 4.69) is 44.8 Å². The summed E-state index contributed by atoms with van der Waals surface area (Å²) in [5.41, 5.74) is 0. The smallest absolute Gasteiger partial charge is 0.317 e. The van der Waals surface area contributed by atoms with Crippen LogP contribution in [-0.2, 0) is 0 Å². The summed E-state index contributed by atoms with van der Waals surface area (Å²) < 4.78 is 0. The van der Waals surface area contributed by atoms with Crippen molar-refractivity contribution in [2.24, 2.45) is 11.8 Å². The number of rotatable bonds is 9. The summed E-state index contributed by atoms with van der Waals surface area (Å²) >= 11 is 0. The minimum atomic E-state index is 0.0790. The minimum Gasteiger partial charge on any atom is -0.336 e. The fourth-order valence-corrected chi connectivity index (χ4v) is 3.06. The lowest BCUT2D eigenvalue weighted by atomic mass is 10.0. The van der Waals surface area contributed by atoms with Gasteiger partial charge in [0.15, 0.2) is 0 Å². The van der Waals surface area contributed by atoms with Gasteiger partial charge >= 0.3 is 6.03 Å². The quantitative estimate of drug-likeness (QED) is 0.709. The van der Waals surface area contributed by atoms with E-state index >= 15 is 0 Å². The number of amides is 2. The van der Waals surface area contributed by atoms with Crippen molar-refractivity contribution in [3.05, 3.63) is 0 Å². The number of nitrogens with one attached hydrogen (secondary N) is 1. The third-order valence-corrected chi connectivity index (χ3v) is 4.80. The Morgan fingerprint density at radius 2 is 1.76 bits per heavy atom. The van der Waals surface area contributed by atoms with Gasteiger partial charge in [0.2, 0.25) is 0 Å². The third-order valence-electron chi connectivity index (χ3n) is 4.80. The molecule has 2 unspecified atom stereocenters. The first-order valence-corrected chi connectivity index (χ1v) is 8.65. The van der Waals surface area contributed by atoms with Gasteiger partial charge in [0.1, 0.15) is 0 Å². The molecular weight excluding hydrogens is 262 g/mol. The average molecular weight is 297 g/mol. The predicted octanol–water partition coefficient (Wildman–Crippen LogP) is 3.18. The van der Waals surface area contributed by atoms with E-state index < -0.39 is 0 Å². The molecule has 0 aromatic carbocycles. The van der Waals surface area contributed by atoms with Gasteiger partial charge in [-0.25, -0.2) is 4.79 Å². The summed E-state index contributed by atoms with van der Waals surface area (Å²) in [6.07, 6.45) is 3.67. The summed E-state index contributed by atoms with van der Waals surface area (Å²) in [7, 11) is 1.92. The van der Waals surface area contributed by atoms with E-state index in [9.17, 15) is 4.79 Å². The number of urea groups is 1. The van der Waals surface area contributed by atoms with Crippen molar-refractivity contribution < 1.29 is 4.79 Å². The first kappa shape index (κ1) is 18.3. The van der Waals surface area contributed by atoms with Gasteiger partial charge in [0.05, 0.1) is 0 Å². The molecule has 0 heterocycles. The lowest BCUT2D eigenvalue weighted by Gasteiger charge is -2.32. The first-order valence-electron chi connectivity index (χ1n) is 8.65. The van der Waals surface area contributed by atoms with Crippen molar-refractivity contribution in [1.29, 1.82) is 0 Å². The lowest BCUT2D eigenvalue weighted by molar-refractivity contribution is 0.166. The van der Waals surface area contributed by atoms with Crippen molar-refractivity contribution in [2.75, 3.05) is 26.7 Å². The van der Waals surface area contributed by atoms with Crippen molar-refractivity contribution in [1.82, 2.24) is 15.1 Å². The van der Waals surface area contributed by atoms with Gasteiger partial charge in [-0.2, -0.15) is 0 Å². The third kappa shape index (κ3) is 5.85. The maximum absolute atomic E-state index is 12.3. The van der Waals surface area contributed by atoms with Crippen LogP contribution in [0, 0.1) is 11.8 Å². The van der Waals surface area contributed by atoms with Crippen LogP contribution in [0.2, 0.25) is 0 Å². The monoisotopic (exact) mass is 297 g/mol. The highest BCUT2D eigenvalue weighted by molar-refractivity contribution is 5.74. The van der Waals surface area contributed by atoms with E-state index in [-0.39, 0.29) is 6.03 Å². The molecule has 1 saturated carbocycles. The zero-order valence-electron chi connectivity index (χ0n) is 14.9. The summed E-state index contributed by atoms with van der Waals surface area (Å²) in [6.45, 7) is 13.9. The van der Waals surface area contributed by atoms with Crippen LogP contribution in [0.4, 0.5) is 4.79 Å². The Hall–Kier alpha value is -0.770. The minimum absolute atomic E-state index is 0.0790. The fourth-order valence-electron chi connectivity index (χ4n) is 3.06. The lowest BCUT2D eigenvalue weighted by Crippen LogP contribution is -2.49. The number of hydrogen-bond acceptors (Lipinski definition) is 2. The van der Waals surface area contributed by atoms with E-state index in [0.29, 0.717) is 18.0 Å². The maximum atomic E-state index is 12.3. The second kappa shape index (κ2) is 8.62. The van der Waals surface area contributed by atoms with Crippen LogP contribution in [0.15, 0.2) is 0 Å². The molecule has 124 valence electrons. The van der Waals surface area contributed by atoms with Gasteiger partial charge in [0, 0.05) is 25.7 Å². The molecule has 0 radical (unpaired) electrons. The van der Waals surface area contributed by atoms with E-state index in [4.69, 9.17) is 0 Å². The Morgan fingerprint density at radius 3 is 2.19 bits per heavy atom. The second-order valence-corrected chi connectivity index (χ2v) is 6.88. The largest absolute Gasteiger partial charge is 0.336 e. The van der Waals surface area contributed by atoms with Gasteiger partial charge in [-0.15, -0.1) is 0 Å². The molecule has 4 heteroatoms. The molecule has 2 atom stereocenters. The Morgan fingerprint density at radius 1 is 1.19 bits per heavy atom. The molecule has 2 amide bonds. The summed E-state index contributed by atoms with van der Waals surface area (Å²) in [6, 6.07) is 0.880. The molecule has 0 saturated heterocycles. The highest BCUT2D eigenvalue weighted by atomic mass is 16.2. The number of nitrogens with zero attached hydrogens (tertiary/aromatic N) is 2. The summed E-state index contributed by atoms with van der Waals surface area (Å²) in [5, 5.41) is 3.15. The standard InChI is InChI=1S/C17H35N3O/c1-7-20(8-2)16(11-13(3)4)12-18-17(21)19(6)14(5)15-9-10-15/h13-16H,7-12H2,1-6H3,(H,18,21). The molecule has 1 fully saturated rings. The zero-order chi connectivity index (χ0) is 16.0. The highest BCUT2D eigenvalue weighted by Crippen LogP contribution is 2.34. The number of likely N-dealkylation sites (N-methyl/N-ethyl adjacent to an activating group) is 1. The van der Waals surface area contributed by atoms with E-state index in [1.165, 1.54) is 12.8 Å². The highest BCUT2D eigenvalue weighted by Gasteiger charge is 2.32. The number of hydrogen-bond donors (Lipinski definition) is 1. The second-order valence-electron chi connectivity index (χ2n) is 6.88. The van der Waals surface area contributed by atoms with E-state index in [1.54, 1.807) is 0 Å². The van der Waals surface area contributed by atoms with Crippen molar-refractivity contribution in [2.45, 2.75) is 66.0 Å². The Labute approximate surface area is 131 Å². The molecule has 21 heavy (non-hydrogen) atoms. The van der Waals surface area contributed by atoms with Crippen molar-refractivity contribution in [3.8, 4) is 0 Å². The van der Waals surface area contributed by atoms with Crippen LogP contribution in [-0.4, -0.2) is 54.6 Å². The predicted molar refractivity (Wildman–Crippen MR) is 89.5 cm³/mol. The Bertz CT molecular complexity index is 311. The number of carbonyl (C=O) groups is 1. The maximum Gasteiger partial charge on any atom is 0.317 e. The van der Waals surface area contributed by atoms with Crippen LogP contribution >= 0.6 is 0 Å². The molecule has 0 aliphatic heterocycles. The summed E-state index contributed by atoms with van der Waals surface area (Å²) in [5.74, 6) is 1.37. The summed E-state index contributed by atoms with van der Waals surface area (Å²) in [4.78, 5) is 16.6. The first-order chi connectivity index (χ1) is 9.90. The normalized spacial score (nSPS) is 17.9. The molecule has 0 spiro atoms. The van der Waals surface area contributed by atoms with E-state index in [1.807, 2.05) is 11.9 Å². The molecule has 4 nitrogen and oxygen atoms in total. The molecule has 0 aromatic heterocycles. The fraction of sp³-hybridized carbons (Fsp3) is 0.941. The van der Waals surface area contributed by atoms with E-state index in [0.717, 1.165) is 32.0 Å². The molecule has 0 aromatic rings. The average Bonchev–Trinajstić information content (AvgIpc) is 3.27. The molecular formula is C17H35N3O. The molecule has 1 aliphatic rings. The van der Waals surface area contributed by atoms with Crippen LogP contribution in [0.25, 0.3) is 0 Å². The van der Waals surface area contributed by atoms with Gasteiger partial charge in [-0.3, -0.25) is 4.90 Å². The van der Waals surface area contributed by atoms with Crippen LogP contribution in [0.1, 0.15) is 53.9 Å². The van der Waals surface area contributed by atoms with Crippen molar-refractivity contribution >= 4 is 6.03 Å². The van der Waals surface area contributed by atoms with Crippen LogP contribution in [0.5, 0.6) is 0 Å². The van der Waals surface area contributed by atoms with Gasteiger partial charge in [0.25, 0.3) is 0 Å². The molecule has 1 aliphatic carbocycles.